The van der Waals surface area contributed by atoms with Gasteiger partial charge in [0.1, 0.15) is 0 Å². The van der Waals surface area contributed by atoms with Gasteiger partial charge in [-0.1, -0.05) is 68.0 Å². The Bertz CT molecular complexity index is 635. The number of hydrogen-bond acceptors (Lipinski definition) is 2. The first-order chi connectivity index (χ1) is 12.1. The van der Waals surface area contributed by atoms with E-state index in [-0.39, 0.29) is 0 Å². The van der Waals surface area contributed by atoms with Crippen molar-refractivity contribution >= 4 is 6.08 Å². The Morgan fingerprint density at radius 3 is 2.44 bits per heavy atom. The fraction of sp³-hybridized carbons (Fsp3) is 0.565. The minimum atomic E-state index is 0.564. The second-order valence-electron chi connectivity index (χ2n) is 8.71. The van der Waals surface area contributed by atoms with E-state index in [1.54, 1.807) is 5.57 Å². The zero-order chi connectivity index (χ0) is 17.3. The summed E-state index contributed by atoms with van der Waals surface area (Å²) < 4.78 is 0. The van der Waals surface area contributed by atoms with Crippen LogP contribution >= 0.6 is 0 Å². The van der Waals surface area contributed by atoms with Crippen LogP contribution in [0.4, 0.5) is 0 Å². The highest BCUT2D eigenvalue weighted by Gasteiger charge is 2.51. The molecule has 2 atom stereocenters. The fourth-order valence-corrected chi connectivity index (χ4v) is 4.95. The second kappa shape index (κ2) is 7.09. The summed E-state index contributed by atoms with van der Waals surface area (Å²) >= 11 is 0. The Morgan fingerprint density at radius 1 is 1.04 bits per heavy atom. The number of nitrogens with zero attached hydrogens (tertiary/aromatic N) is 2. The van der Waals surface area contributed by atoms with Crippen LogP contribution in [-0.4, -0.2) is 49.1 Å². The summed E-state index contributed by atoms with van der Waals surface area (Å²) in [7, 11) is 0. The van der Waals surface area contributed by atoms with Crippen molar-refractivity contribution in [1.82, 2.24) is 9.80 Å². The third-order valence-electron chi connectivity index (χ3n) is 6.93. The van der Waals surface area contributed by atoms with E-state index < -0.39 is 0 Å². The van der Waals surface area contributed by atoms with Crippen LogP contribution in [-0.2, 0) is 0 Å². The Morgan fingerprint density at radius 2 is 1.76 bits per heavy atom. The molecule has 2 fully saturated rings. The molecule has 2 bridgehead atoms. The zero-order valence-corrected chi connectivity index (χ0v) is 15.8. The van der Waals surface area contributed by atoms with Crippen LogP contribution in [0.15, 0.2) is 48.1 Å². The maximum absolute atomic E-state index is 2.68. The van der Waals surface area contributed by atoms with Crippen molar-refractivity contribution in [3.05, 3.63) is 53.6 Å². The van der Waals surface area contributed by atoms with Crippen molar-refractivity contribution < 1.29 is 0 Å². The maximum Gasteiger partial charge on any atom is 0.0196 e. The van der Waals surface area contributed by atoms with E-state index in [0.717, 1.165) is 18.4 Å². The molecule has 0 radical (unpaired) electrons. The van der Waals surface area contributed by atoms with E-state index in [1.165, 1.54) is 51.1 Å². The molecule has 5 rings (SSSR count). The normalized spacial score (nSPS) is 29.4. The molecule has 0 aromatic heterocycles. The second-order valence-corrected chi connectivity index (χ2v) is 8.71. The topological polar surface area (TPSA) is 6.48 Å². The average molecular weight is 337 g/mol. The SMILES string of the molecule is CC1(C)[C@@H]2CC=C(CN3CCN(C/C=C/c4ccccc4)CC3)[C@H]1C2. The quantitative estimate of drug-likeness (QED) is 0.739. The Balaban J connectivity index is 1.22. The van der Waals surface area contributed by atoms with Crippen LogP contribution in [0.2, 0.25) is 0 Å². The van der Waals surface area contributed by atoms with E-state index in [9.17, 15) is 0 Å². The standard InChI is InChI=1S/C23H32N2/c1-23(2)21-11-10-20(22(23)17-21)18-25-15-13-24(14-16-25)12-6-9-19-7-4-3-5-8-19/h3-10,21-22H,11-18H2,1-2H3/b9-6+/t21-,22-/m1/s1. The van der Waals surface area contributed by atoms with Crippen molar-refractivity contribution in [2.45, 2.75) is 26.7 Å². The average Bonchev–Trinajstić information content (AvgIpc) is 2.64. The van der Waals surface area contributed by atoms with Gasteiger partial charge in [-0.2, -0.15) is 0 Å². The Labute approximate surface area is 153 Å². The number of piperazine rings is 1. The van der Waals surface area contributed by atoms with E-state index in [4.69, 9.17) is 0 Å². The first kappa shape index (κ1) is 17.1. The summed E-state index contributed by atoms with van der Waals surface area (Å²) in [5, 5.41) is 0. The first-order valence-corrected chi connectivity index (χ1v) is 9.98. The summed E-state index contributed by atoms with van der Waals surface area (Å²) in [4.78, 5) is 5.26. The number of hydrogen-bond donors (Lipinski definition) is 0. The van der Waals surface area contributed by atoms with Gasteiger partial charge in [-0.05, 0) is 35.7 Å². The zero-order valence-electron chi connectivity index (χ0n) is 15.8. The largest absolute Gasteiger partial charge is 0.297 e. The van der Waals surface area contributed by atoms with E-state index in [2.05, 4.69) is 72.2 Å². The van der Waals surface area contributed by atoms with Crippen molar-refractivity contribution in [3.8, 4) is 0 Å². The molecule has 0 N–H and O–H groups in total. The summed E-state index contributed by atoms with van der Waals surface area (Å²) in [5.41, 5.74) is 3.60. The number of allylic oxidation sites excluding steroid dienone is 1. The number of benzene rings is 1. The van der Waals surface area contributed by atoms with Crippen molar-refractivity contribution in [3.63, 3.8) is 0 Å². The number of rotatable bonds is 5. The van der Waals surface area contributed by atoms with Gasteiger partial charge in [0.05, 0.1) is 0 Å². The van der Waals surface area contributed by atoms with Crippen molar-refractivity contribution in [2.75, 3.05) is 39.3 Å². The third kappa shape index (κ3) is 3.61. The smallest absolute Gasteiger partial charge is 0.0196 e. The molecule has 1 aromatic rings. The molecule has 1 saturated heterocycles. The number of fused-ring (bicyclic) bond motifs is 1. The van der Waals surface area contributed by atoms with Crippen molar-refractivity contribution in [1.29, 1.82) is 0 Å². The van der Waals surface area contributed by atoms with Crippen LogP contribution in [0.5, 0.6) is 0 Å². The summed E-state index contributed by atoms with van der Waals surface area (Å²) in [6.07, 6.45) is 9.89. The van der Waals surface area contributed by atoms with Gasteiger partial charge < -0.3 is 0 Å². The van der Waals surface area contributed by atoms with Gasteiger partial charge in [0, 0.05) is 39.3 Å². The molecule has 3 aliphatic carbocycles. The van der Waals surface area contributed by atoms with Gasteiger partial charge >= 0.3 is 0 Å². The van der Waals surface area contributed by atoms with Crippen LogP contribution in [0.25, 0.3) is 6.08 Å². The lowest BCUT2D eigenvalue weighted by Gasteiger charge is -2.57. The van der Waals surface area contributed by atoms with E-state index in [1.807, 2.05) is 0 Å². The van der Waals surface area contributed by atoms with Crippen LogP contribution in [0.1, 0.15) is 32.3 Å². The summed E-state index contributed by atoms with van der Waals surface area (Å²) in [6, 6.07) is 10.6. The molecule has 1 aliphatic heterocycles. The lowest BCUT2D eigenvalue weighted by molar-refractivity contribution is -0.0119. The van der Waals surface area contributed by atoms with Crippen LogP contribution < -0.4 is 0 Å². The highest BCUT2D eigenvalue weighted by Crippen LogP contribution is 2.59. The predicted molar refractivity (Wildman–Crippen MR) is 106 cm³/mol. The van der Waals surface area contributed by atoms with Crippen LogP contribution in [0.3, 0.4) is 0 Å². The van der Waals surface area contributed by atoms with Gasteiger partial charge in [-0.15, -0.1) is 0 Å². The molecule has 2 heteroatoms. The van der Waals surface area contributed by atoms with Gasteiger partial charge in [0.15, 0.2) is 0 Å². The molecule has 1 aromatic carbocycles. The summed E-state index contributed by atoms with van der Waals surface area (Å²) in [5.74, 6) is 1.81. The van der Waals surface area contributed by atoms with Crippen molar-refractivity contribution in [2.24, 2.45) is 17.3 Å². The third-order valence-corrected chi connectivity index (χ3v) is 6.93. The maximum atomic E-state index is 2.68. The van der Waals surface area contributed by atoms with Gasteiger partial charge in [-0.3, -0.25) is 9.80 Å². The fourth-order valence-electron chi connectivity index (χ4n) is 4.95. The molecule has 4 aliphatic rings. The molecular formula is C23H32N2. The molecule has 25 heavy (non-hydrogen) atoms. The van der Waals surface area contributed by atoms with E-state index >= 15 is 0 Å². The lowest BCUT2D eigenvalue weighted by Crippen LogP contribution is -2.52. The molecule has 1 saturated carbocycles. The first-order valence-electron chi connectivity index (χ1n) is 9.98. The summed E-state index contributed by atoms with van der Waals surface area (Å²) in [6.45, 7) is 12.1. The Hall–Kier alpha value is -1.38. The molecule has 2 nitrogen and oxygen atoms in total. The molecule has 134 valence electrons. The highest BCUT2D eigenvalue weighted by molar-refractivity contribution is 5.48. The predicted octanol–water partition coefficient (Wildman–Crippen LogP) is 4.31. The van der Waals surface area contributed by atoms with Gasteiger partial charge in [-0.25, -0.2) is 0 Å². The highest BCUT2D eigenvalue weighted by atomic mass is 15.3. The molecule has 1 heterocycles. The molecule has 0 amide bonds. The molecule has 0 spiro atoms. The molecular weight excluding hydrogens is 304 g/mol. The minimum absolute atomic E-state index is 0.564. The van der Waals surface area contributed by atoms with Crippen LogP contribution in [0, 0.1) is 17.3 Å². The van der Waals surface area contributed by atoms with Gasteiger partial charge in [0.25, 0.3) is 0 Å². The van der Waals surface area contributed by atoms with Gasteiger partial charge in [0.2, 0.25) is 0 Å². The monoisotopic (exact) mass is 336 g/mol. The lowest BCUT2D eigenvalue weighted by atomic mass is 9.49. The minimum Gasteiger partial charge on any atom is -0.297 e. The molecule has 0 unspecified atom stereocenters. The van der Waals surface area contributed by atoms with E-state index in [0.29, 0.717) is 5.41 Å². The Kier molecular flexibility index (Phi) is 4.84.